The lowest BCUT2D eigenvalue weighted by molar-refractivity contribution is 0.140. The number of ether oxygens (including phenoxy) is 4. The normalized spacial score (nSPS) is 11.0. The Morgan fingerprint density at radius 1 is 0.413 bits per heavy atom. The van der Waals surface area contributed by atoms with E-state index in [1.54, 1.807) is 31.7 Å². The average molecular weight is 2190 g/mol. The molecule has 8 N–H and O–H groups in total. The first-order valence-corrected chi connectivity index (χ1v) is 48.6. The van der Waals surface area contributed by atoms with Crippen LogP contribution in [0.3, 0.4) is 0 Å². The molecule has 0 bridgehead atoms. The maximum absolute atomic E-state index is 13.9. The number of hydrogen-bond donors (Lipinski definition) is 8. The fourth-order valence-corrected chi connectivity index (χ4v) is 16.9. The van der Waals surface area contributed by atoms with Gasteiger partial charge >= 0.3 is 0 Å². The number of aromatic amines is 4. The van der Waals surface area contributed by atoms with Crippen LogP contribution >= 0.6 is 54.5 Å². The quantitative estimate of drug-likeness (QED) is 0.0102. The Labute approximate surface area is 866 Å². The van der Waals surface area contributed by atoms with E-state index in [9.17, 15) is 13.2 Å². The maximum Gasteiger partial charge on any atom is 0.181 e. The summed E-state index contributed by atoms with van der Waals surface area (Å²) in [4.78, 5) is 61.9. The van der Waals surface area contributed by atoms with Gasteiger partial charge in [-0.05, 0) is 229 Å². The van der Waals surface area contributed by atoms with Crippen LogP contribution in [-0.2, 0) is 44.6 Å². The number of aromatic nitrogens is 19. The molecule has 0 saturated carbocycles. The van der Waals surface area contributed by atoms with Crippen molar-refractivity contribution >= 4 is 155 Å². The van der Waals surface area contributed by atoms with Gasteiger partial charge in [-0.25, -0.2) is 53.0 Å². The largest absolute Gasteiger partial charge is 0.382 e. The van der Waals surface area contributed by atoms with Crippen molar-refractivity contribution in [2.24, 2.45) is 0 Å². The standard InChI is InChI=1S/C27H29FN6O.C27H27FN6O.C22H24BrN5O.C16H13BrIN5.C7H14O.C6H6FN.5CH4/c2*1-3-35-11-9-18(2)25-16-32-27-26(30-10-8-19-14-31-23-7-5-4-6-22(19)23)33-24(17-34(25)27)20-12-21(28)15-29-13-20;1-3-29-11-9-15(2)19-13-26-22-21(27-20(23)14-28(19)22)24-10-8-16-12-25-18-7-5-4-6-17(16)18;17-13-9-23-14(18)8-21-16(23)15(22-13)19-6-5-10-7-20-12-4-2-1-3-11(10)12;1-4-8-6-5-7(2)3;1-5-2-6(7)4-8-3-5;;;;;/h4-7,12-18,31H,3,8-11H2,1-2H3,(H,30,33);4-7,12-17,31H,2-3,8-11H2,1H3,(H,30,33);4-7,12-14,25H,2-3,8-11H2,1H3,(H,24,27);1-4,7-9,20H,5-6H2,(H,19,22);2,4-6H2,1,3H3;2-4H,1H3;5*1H4. The summed E-state index contributed by atoms with van der Waals surface area (Å²) in [5, 5.41) is 18.7. The molecule has 754 valence electrons. The molecule has 0 spiro atoms. The monoisotopic (exact) mass is 2180 g/mol. The number of halogens is 6. The summed E-state index contributed by atoms with van der Waals surface area (Å²) in [7, 11) is 0. The number of pyridine rings is 3. The number of benzene rings is 4. The summed E-state index contributed by atoms with van der Waals surface area (Å²) in [5.41, 5.74) is 22.0. The van der Waals surface area contributed by atoms with Crippen LogP contribution in [0, 0.1) is 28.1 Å². The lowest BCUT2D eigenvalue weighted by Crippen LogP contribution is -2.10. The topological polar surface area (TPSA) is 308 Å². The SMILES string of the molecule is Brc1cn2c(I)cnc2c(NCCc2c[nH]c3ccccc23)n1.C.C.C.C.C.C=C(C)CCOCC.C=C(CCOCC)c1cnc2c(NCCc3c[nH]c4ccccc34)nc(-c3cncc(F)c3)cn12.C=C(CCOCC)c1cnc2c(NCCc3c[nH]c4ccccc34)nc(Br)cn12.CCOCCC(C)c1cnc2c(NCCc3c[nH]c4ccccc34)nc(-c3cncc(F)c3)cn12.Cc1cncc(F)c1. The highest BCUT2D eigenvalue weighted by Crippen LogP contribution is 2.33. The van der Waals surface area contributed by atoms with Gasteiger partial charge in [-0.15, -0.1) is 6.58 Å². The van der Waals surface area contributed by atoms with Gasteiger partial charge in [-0.1, -0.05) is 136 Å². The molecule has 0 saturated heterocycles. The molecule has 0 aliphatic heterocycles. The van der Waals surface area contributed by atoms with Crippen LogP contribution in [-0.4, -0.2) is 171 Å². The number of imidazole rings is 4. The van der Waals surface area contributed by atoms with E-state index in [0.29, 0.717) is 98.9 Å². The molecule has 19 aromatic rings. The lowest BCUT2D eigenvalue weighted by Gasteiger charge is -2.14. The van der Waals surface area contributed by atoms with E-state index in [1.807, 2.05) is 134 Å². The van der Waals surface area contributed by atoms with Crippen molar-refractivity contribution in [3.05, 3.63) is 327 Å². The minimum absolute atomic E-state index is 0. The highest BCUT2D eigenvalue weighted by molar-refractivity contribution is 14.1. The van der Waals surface area contributed by atoms with E-state index >= 15 is 0 Å². The molecule has 0 amide bonds. The second-order valence-electron chi connectivity index (χ2n) is 32.6. The third kappa shape index (κ3) is 30.4. The van der Waals surface area contributed by atoms with Crippen molar-refractivity contribution in [3.8, 4) is 22.5 Å². The number of nitrogens with zero attached hydrogens (tertiary/aromatic N) is 15. The van der Waals surface area contributed by atoms with E-state index in [4.69, 9.17) is 28.9 Å². The zero-order chi connectivity index (χ0) is 96.8. The molecule has 0 aliphatic rings. The number of para-hydroxylation sites is 4. The Bertz CT molecular complexity index is 7270. The van der Waals surface area contributed by atoms with Gasteiger partial charge in [0.05, 0.1) is 79.8 Å². The first-order chi connectivity index (χ1) is 67.2. The van der Waals surface area contributed by atoms with Crippen molar-refractivity contribution in [2.45, 2.75) is 143 Å². The van der Waals surface area contributed by atoms with Crippen LogP contribution in [0.1, 0.15) is 155 Å². The molecule has 27 nitrogen and oxygen atoms in total. The van der Waals surface area contributed by atoms with E-state index in [2.05, 4.69) is 251 Å². The van der Waals surface area contributed by atoms with Gasteiger partial charge in [0.2, 0.25) is 0 Å². The molecule has 19 rings (SSSR count). The molecular formula is C110H133Br2F3IN23O4. The van der Waals surface area contributed by atoms with Crippen molar-refractivity contribution in [1.29, 1.82) is 0 Å². The summed E-state index contributed by atoms with van der Waals surface area (Å²) in [6.07, 6.45) is 38.4. The van der Waals surface area contributed by atoms with Gasteiger partial charge < -0.3 is 60.2 Å². The minimum Gasteiger partial charge on any atom is -0.382 e. The predicted octanol–water partition coefficient (Wildman–Crippen LogP) is 27.1. The van der Waals surface area contributed by atoms with Crippen LogP contribution in [0.2, 0.25) is 0 Å². The summed E-state index contributed by atoms with van der Waals surface area (Å²) in [6, 6.07) is 37.5. The van der Waals surface area contributed by atoms with E-state index in [0.717, 1.165) is 163 Å². The smallest absolute Gasteiger partial charge is 0.181 e. The van der Waals surface area contributed by atoms with E-state index in [1.165, 1.54) is 91.7 Å². The Kier molecular flexibility index (Phi) is 44.8. The molecule has 0 fully saturated rings. The molecule has 0 aliphatic carbocycles. The van der Waals surface area contributed by atoms with Gasteiger partial charge in [-0.2, -0.15) is 0 Å². The third-order valence-corrected chi connectivity index (χ3v) is 24.3. The van der Waals surface area contributed by atoms with Crippen molar-refractivity contribution in [1.82, 2.24) is 92.4 Å². The van der Waals surface area contributed by atoms with Crippen molar-refractivity contribution < 1.29 is 32.1 Å². The minimum atomic E-state index is -0.412. The summed E-state index contributed by atoms with van der Waals surface area (Å²) >= 11 is 9.24. The first-order valence-electron chi connectivity index (χ1n) is 46.0. The second-order valence-corrected chi connectivity index (χ2v) is 35.3. The number of hydrogen-bond acceptors (Lipinski definition) is 19. The number of nitrogens with one attached hydrogen (secondary N) is 8. The van der Waals surface area contributed by atoms with Gasteiger partial charge in [0.25, 0.3) is 0 Å². The summed E-state index contributed by atoms with van der Waals surface area (Å²) in [6.45, 7) is 34.6. The van der Waals surface area contributed by atoms with Crippen molar-refractivity contribution in [3.63, 3.8) is 0 Å². The highest BCUT2D eigenvalue weighted by atomic mass is 127. The number of aryl methyl sites for hydroxylation is 1. The average Bonchev–Trinajstić information content (AvgIpc) is 1.57. The number of H-pyrrole nitrogens is 4. The summed E-state index contributed by atoms with van der Waals surface area (Å²) < 4.78 is 72.2. The summed E-state index contributed by atoms with van der Waals surface area (Å²) in [5.74, 6) is 1.98. The second kappa shape index (κ2) is 56.5. The maximum atomic E-state index is 13.9. The Balaban J connectivity index is 0.000000201. The van der Waals surface area contributed by atoms with Crippen LogP contribution in [0.25, 0.3) is 99.9 Å². The fourth-order valence-electron chi connectivity index (χ4n) is 15.6. The van der Waals surface area contributed by atoms with E-state index < -0.39 is 11.6 Å². The van der Waals surface area contributed by atoms with Crippen LogP contribution in [0.5, 0.6) is 0 Å². The molecule has 143 heavy (non-hydrogen) atoms. The van der Waals surface area contributed by atoms with Crippen molar-refractivity contribution in [2.75, 3.05) is 100 Å². The van der Waals surface area contributed by atoms with Gasteiger partial charge in [0.15, 0.2) is 45.9 Å². The Morgan fingerprint density at radius 3 is 1.13 bits per heavy atom. The number of rotatable bonds is 37. The van der Waals surface area contributed by atoms with Gasteiger partial charge in [-0.3, -0.25) is 32.6 Å². The molecule has 1 unspecified atom stereocenters. The number of fused-ring (bicyclic) bond motifs is 8. The molecule has 4 aromatic carbocycles. The molecule has 33 heteroatoms. The molecular weight excluding hydrogens is 2050 g/mol. The molecule has 1 atom stereocenters. The fraction of sp³-hybridized carbons (Fsp3) is 0.300. The zero-order valence-electron chi connectivity index (χ0n) is 78.3. The molecule has 15 aromatic heterocycles. The zero-order valence-corrected chi connectivity index (χ0v) is 83.6. The van der Waals surface area contributed by atoms with Gasteiger partial charge in [0.1, 0.15) is 30.4 Å². The predicted molar refractivity (Wildman–Crippen MR) is 597 cm³/mol. The Hall–Kier alpha value is -13.3. The third-order valence-electron chi connectivity index (χ3n) is 22.7. The number of anilines is 4. The van der Waals surface area contributed by atoms with Gasteiger partial charge in [0, 0.05) is 200 Å². The Morgan fingerprint density at radius 2 is 0.748 bits per heavy atom. The van der Waals surface area contributed by atoms with Crippen LogP contribution in [0.4, 0.5) is 36.4 Å². The van der Waals surface area contributed by atoms with Crippen LogP contribution in [0.15, 0.2) is 261 Å². The first kappa shape index (κ1) is 113. The van der Waals surface area contributed by atoms with E-state index in [-0.39, 0.29) is 48.9 Å². The molecule has 15 heterocycles. The highest BCUT2D eigenvalue weighted by Gasteiger charge is 2.22. The van der Waals surface area contributed by atoms with Crippen LogP contribution < -0.4 is 21.3 Å². The lowest BCUT2D eigenvalue weighted by atomic mass is 10.1. The molecule has 0 radical (unpaired) electrons.